The van der Waals surface area contributed by atoms with Crippen LogP contribution in [0.4, 0.5) is 0 Å². The fraction of sp³-hybridized carbons (Fsp3) is 0.471. The van der Waals surface area contributed by atoms with E-state index in [1.165, 1.54) is 24.7 Å². The maximum absolute atomic E-state index is 13.1. The Morgan fingerprint density at radius 2 is 2.16 bits per heavy atom. The molecular formula is C17H21N3O4S. The van der Waals surface area contributed by atoms with Gasteiger partial charge in [-0.3, -0.25) is 18.7 Å². The predicted octanol–water partition coefficient (Wildman–Crippen LogP) is 0.967. The zero-order valence-corrected chi connectivity index (χ0v) is 15.1. The van der Waals surface area contributed by atoms with Gasteiger partial charge in [-0.25, -0.2) is 4.79 Å². The van der Waals surface area contributed by atoms with E-state index in [2.05, 4.69) is 0 Å². The van der Waals surface area contributed by atoms with E-state index < -0.39 is 11.2 Å². The van der Waals surface area contributed by atoms with Crippen molar-refractivity contribution >= 4 is 17.2 Å². The van der Waals surface area contributed by atoms with Gasteiger partial charge in [0.05, 0.1) is 6.10 Å². The van der Waals surface area contributed by atoms with Crippen LogP contribution in [0.3, 0.4) is 0 Å². The smallest absolute Gasteiger partial charge is 0.331 e. The summed E-state index contributed by atoms with van der Waals surface area (Å²) >= 11 is 1.56. The number of amides is 1. The van der Waals surface area contributed by atoms with Gasteiger partial charge < -0.3 is 9.64 Å². The molecule has 3 rings (SSSR count). The van der Waals surface area contributed by atoms with Gasteiger partial charge in [-0.15, -0.1) is 0 Å². The summed E-state index contributed by atoms with van der Waals surface area (Å²) in [4.78, 5) is 38.8. The molecule has 1 saturated heterocycles. The van der Waals surface area contributed by atoms with Gasteiger partial charge in [0.2, 0.25) is 0 Å². The third-order valence-corrected chi connectivity index (χ3v) is 5.17. The molecule has 134 valence electrons. The summed E-state index contributed by atoms with van der Waals surface area (Å²) in [6.07, 6.45) is 1.88. The van der Waals surface area contributed by atoms with Gasteiger partial charge >= 0.3 is 5.69 Å². The van der Waals surface area contributed by atoms with Crippen LogP contribution >= 0.6 is 11.3 Å². The molecule has 0 spiro atoms. The Morgan fingerprint density at radius 3 is 2.80 bits per heavy atom. The molecule has 1 aliphatic rings. The van der Waals surface area contributed by atoms with Crippen molar-refractivity contribution in [1.82, 2.24) is 14.0 Å². The topological polar surface area (TPSA) is 73.5 Å². The molecule has 1 atom stereocenters. The Labute approximate surface area is 149 Å². The number of nitrogens with zero attached hydrogens (tertiary/aromatic N) is 3. The van der Waals surface area contributed by atoms with Crippen molar-refractivity contribution in [1.29, 1.82) is 0 Å². The first-order chi connectivity index (χ1) is 12.0. The van der Waals surface area contributed by atoms with E-state index in [0.717, 1.165) is 23.0 Å². The van der Waals surface area contributed by atoms with Gasteiger partial charge in [-0.1, -0.05) is 0 Å². The highest BCUT2D eigenvalue weighted by Crippen LogP contribution is 2.17. The van der Waals surface area contributed by atoms with Gasteiger partial charge in [0.15, 0.2) is 0 Å². The van der Waals surface area contributed by atoms with E-state index in [0.29, 0.717) is 19.7 Å². The number of aromatic nitrogens is 2. The number of carbonyl (C=O) groups excluding carboxylic acids is 1. The second kappa shape index (κ2) is 7.37. The fourth-order valence-electron chi connectivity index (χ4n) is 2.96. The van der Waals surface area contributed by atoms with Crippen molar-refractivity contribution in [2.45, 2.75) is 25.5 Å². The van der Waals surface area contributed by atoms with Crippen LogP contribution in [-0.2, 0) is 25.4 Å². The predicted molar refractivity (Wildman–Crippen MR) is 95.0 cm³/mol. The van der Waals surface area contributed by atoms with Crippen molar-refractivity contribution in [2.24, 2.45) is 14.1 Å². The molecule has 0 aliphatic carbocycles. The van der Waals surface area contributed by atoms with Crippen LogP contribution in [0.2, 0.25) is 0 Å². The van der Waals surface area contributed by atoms with E-state index in [-0.39, 0.29) is 17.7 Å². The van der Waals surface area contributed by atoms with Crippen LogP contribution in [0.15, 0.2) is 32.5 Å². The summed E-state index contributed by atoms with van der Waals surface area (Å²) < 4.78 is 7.87. The van der Waals surface area contributed by atoms with Crippen molar-refractivity contribution < 1.29 is 9.53 Å². The normalized spacial score (nSPS) is 17.0. The summed E-state index contributed by atoms with van der Waals surface area (Å²) in [5, 5.41) is 3.94. The molecule has 2 aromatic rings. The minimum absolute atomic E-state index is 0.00819. The molecule has 7 nitrogen and oxygen atoms in total. The number of rotatable bonds is 5. The van der Waals surface area contributed by atoms with Crippen molar-refractivity contribution in [3.05, 3.63) is 55.0 Å². The molecule has 3 heterocycles. The van der Waals surface area contributed by atoms with Gasteiger partial charge in [0, 0.05) is 39.9 Å². The third kappa shape index (κ3) is 3.74. The van der Waals surface area contributed by atoms with Crippen molar-refractivity contribution in [2.75, 3.05) is 13.2 Å². The largest absolute Gasteiger partial charge is 0.376 e. The summed E-state index contributed by atoms with van der Waals surface area (Å²) in [5.41, 5.74) is 0.119. The first-order valence-corrected chi connectivity index (χ1v) is 9.10. The van der Waals surface area contributed by atoms with Gasteiger partial charge in [0.1, 0.15) is 5.69 Å². The lowest BCUT2D eigenvalue weighted by atomic mass is 10.2. The van der Waals surface area contributed by atoms with E-state index in [1.54, 1.807) is 16.2 Å². The molecule has 1 aliphatic heterocycles. The molecule has 0 saturated carbocycles. The monoisotopic (exact) mass is 363 g/mol. The lowest BCUT2D eigenvalue weighted by Crippen LogP contribution is -2.43. The van der Waals surface area contributed by atoms with E-state index in [9.17, 15) is 14.4 Å². The zero-order chi connectivity index (χ0) is 18.0. The first-order valence-electron chi connectivity index (χ1n) is 8.16. The Balaban J connectivity index is 1.93. The fourth-order valence-corrected chi connectivity index (χ4v) is 3.62. The van der Waals surface area contributed by atoms with E-state index >= 15 is 0 Å². The van der Waals surface area contributed by atoms with Crippen LogP contribution in [0.1, 0.15) is 28.9 Å². The minimum Gasteiger partial charge on any atom is -0.376 e. The highest BCUT2D eigenvalue weighted by atomic mass is 32.1. The molecule has 0 bridgehead atoms. The quantitative estimate of drug-likeness (QED) is 0.793. The van der Waals surface area contributed by atoms with Crippen LogP contribution < -0.4 is 11.2 Å². The van der Waals surface area contributed by atoms with Gasteiger partial charge in [0.25, 0.3) is 11.5 Å². The van der Waals surface area contributed by atoms with E-state index in [1.807, 2.05) is 16.8 Å². The number of hydrogen-bond donors (Lipinski definition) is 0. The Bertz CT molecular complexity index is 863. The second-order valence-corrected chi connectivity index (χ2v) is 7.00. The number of ether oxygens (including phenoxy) is 1. The number of hydrogen-bond acceptors (Lipinski definition) is 5. The number of carbonyl (C=O) groups is 1. The highest BCUT2D eigenvalue weighted by molar-refractivity contribution is 7.07. The van der Waals surface area contributed by atoms with Gasteiger partial charge in [-0.05, 0) is 35.2 Å². The third-order valence-electron chi connectivity index (χ3n) is 4.43. The van der Waals surface area contributed by atoms with Gasteiger partial charge in [-0.2, -0.15) is 11.3 Å². The standard InChI is InChI=1S/C17H21N3O4S/c1-18-14(8-15(21)19(2)17(18)23)16(22)20(9-12-5-7-25-11-12)10-13-4-3-6-24-13/h5,7-8,11,13H,3-4,6,9-10H2,1-2H3/t13-/m1/s1. The Hall–Kier alpha value is -2.19. The molecule has 2 aromatic heterocycles. The minimum atomic E-state index is -0.511. The number of thiophene rings is 1. The SMILES string of the molecule is Cn1c(C(=O)N(Cc2ccsc2)C[C@H]2CCCO2)cc(=O)n(C)c1=O. The van der Waals surface area contributed by atoms with Crippen LogP contribution in [0, 0.1) is 0 Å². The molecule has 0 N–H and O–H groups in total. The Morgan fingerprint density at radius 1 is 1.36 bits per heavy atom. The molecule has 0 unspecified atom stereocenters. The summed E-state index contributed by atoms with van der Waals surface area (Å²) in [7, 11) is 2.90. The average molecular weight is 363 g/mol. The van der Waals surface area contributed by atoms with Crippen molar-refractivity contribution in [3.8, 4) is 0 Å². The zero-order valence-electron chi connectivity index (χ0n) is 14.3. The maximum atomic E-state index is 13.1. The summed E-state index contributed by atoms with van der Waals surface area (Å²) in [5.74, 6) is -0.334. The summed E-state index contributed by atoms with van der Waals surface area (Å²) in [6.45, 7) is 1.57. The van der Waals surface area contributed by atoms with Crippen LogP contribution in [0.25, 0.3) is 0 Å². The van der Waals surface area contributed by atoms with E-state index in [4.69, 9.17) is 4.74 Å². The highest BCUT2D eigenvalue weighted by Gasteiger charge is 2.26. The lowest BCUT2D eigenvalue weighted by Gasteiger charge is -2.26. The summed E-state index contributed by atoms with van der Waals surface area (Å²) in [6, 6.07) is 3.18. The maximum Gasteiger partial charge on any atom is 0.331 e. The molecule has 1 amide bonds. The lowest BCUT2D eigenvalue weighted by molar-refractivity contribution is 0.0498. The molecule has 25 heavy (non-hydrogen) atoms. The van der Waals surface area contributed by atoms with Crippen molar-refractivity contribution in [3.63, 3.8) is 0 Å². The first kappa shape index (κ1) is 17.6. The molecule has 0 radical (unpaired) electrons. The molecule has 8 heteroatoms. The van der Waals surface area contributed by atoms with Crippen LogP contribution in [0.5, 0.6) is 0 Å². The average Bonchev–Trinajstić information content (AvgIpc) is 3.29. The van der Waals surface area contributed by atoms with Crippen LogP contribution in [-0.4, -0.2) is 39.2 Å². The Kier molecular flexibility index (Phi) is 5.19. The second-order valence-electron chi connectivity index (χ2n) is 6.22. The molecule has 1 fully saturated rings. The molecular weight excluding hydrogens is 342 g/mol. The molecule has 0 aromatic carbocycles.